The lowest BCUT2D eigenvalue weighted by atomic mass is 9.53. The van der Waals surface area contributed by atoms with Crippen LogP contribution in [-0.2, 0) is 14.3 Å². The van der Waals surface area contributed by atoms with Crippen LogP contribution in [0.5, 0.6) is 0 Å². The van der Waals surface area contributed by atoms with Crippen LogP contribution in [0.15, 0.2) is 12.1 Å². The van der Waals surface area contributed by atoms with Crippen molar-refractivity contribution in [1.82, 2.24) is 9.88 Å². The lowest BCUT2D eigenvalue weighted by Gasteiger charge is -2.56. The first-order valence-corrected chi connectivity index (χ1v) is 11.2. The van der Waals surface area contributed by atoms with Crippen molar-refractivity contribution in [3.05, 3.63) is 29.1 Å². The van der Waals surface area contributed by atoms with Crippen molar-refractivity contribution in [1.29, 1.82) is 0 Å². The topological polar surface area (TPSA) is 60.3 Å². The molecule has 1 amide bonds. The number of carbonyl (C=O) groups is 2. The molecule has 5 heteroatoms. The van der Waals surface area contributed by atoms with E-state index in [9.17, 15) is 9.59 Å². The summed E-state index contributed by atoms with van der Waals surface area (Å²) in [6.07, 6.45) is 13.1. The maximum Gasteiger partial charge on any atom is 0.331 e. The second kappa shape index (κ2) is 7.03. The third kappa shape index (κ3) is 3.76. The molecule has 0 atom stereocenters. The number of rotatable bonds is 6. The van der Waals surface area contributed by atoms with Crippen LogP contribution in [0.25, 0.3) is 6.08 Å². The zero-order valence-electron chi connectivity index (χ0n) is 17.6. The van der Waals surface area contributed by atoms with Crippen molar-refractivity contribution in [3.63, 3.8) is 0 Å². The van der Waals surface area contributed by atoms with Crippen molar-refractivity contribution < 1.29 is 14.3 Å². The van der Waals surface area contributed by atoms with Gasteiger partial charge in [-0.2, -0.15) is 0 Å². The fourth-order valence-electron chi connectivity index (χ4n) is 6.80. The second-order valence-electron chi connectivity index (χ2n) is 10.1. The first-order valence-electron chi connectivity index (χ1n) is 11.2. The van der Waals surface area contributed by atoms with Gasteiger partial charge in [-0.3, -0.25) is 4.79 Å². The van der Waals surface area contributed by atoms with Crippen LogP contribution in [-0.4, -0.2) is 28.6 Å². The van der Waals surface area contributed by atoms with Gasteiger partial charge in [0.15, 0.2) is 6.61 Å². The highest BCUT2D eigenvalue weighted by Gasteiger charge is 2.51. The van der Waals surface area contributed by atoms with E-state index in [-0.39, 0.29) is 18.1 Å². The molecule has 0 radical (unpaired) electrons. The minimum Gasteiger partial charge on any atom is -0.452 e. The van der Waals surface area contributed by atoms with Crippen LogP contribution >= 0.6 is 0 Å². The minimum atomic E-state index is -0.457. The Morgan fingerprint density at radius 1 is 1.14 bits per heavy atom. The molecule has 6 rings (SSSR count). The third-order valence-electron chi connectivity index (χ3n) is 7.62. The summed E-state index contributed by atoms with van der Waals surface area (Å²) in [5.74, 6) is 1.73. The molecule has 1 aromatic heterocycles. The summed E-state index contributed by atoms with van der Waals surface area (Å²) >= 11 is 0. The number of aryl methyl sites for hydroxylation is 1. The zero-order chi connectivity index (χ0) is 20.2. The first-order chi connectivity index (χ1) is 13.9. The Bertz CT molecular complexity index is 826. The normalized spacial score (nSPS) is 32.7. The molecule has 5 saturated carbocycles. The smallest absolute Gasteiger partial charge is 0.331 e. The largest absolute Gasteiger partial charge is 0.452 e. The molecule has 0 saturated heterocycles. The monoisotopic (exact) mass is 396 g/mol. The van der Waals surface area contributed by atoms with Gasteiger partial charge in [-0.05, 0) is 101 Å². The van der Waals surface area contributed by atoms with E-state index >= 15 is 0 Å². The minimum absolute atomic E-state index is 0.0333. The number of ether oxygens (including phenoxy) is 1. The van der Waals surface area contributed by atoms with Gasteiger partial charge in [-0.25, -0.2) is 4.79 Å². The maximum atomic E-state index is 12.5. The first kappa shape index (κ1) is 19.0. The number of nitrogens with zero attached hydrogens (tertiary/aromatic N) is 1. The molecule has 0 unspecified atom stereocenters. The van der Waals surface area contributed by atoms with Gasteiger partial charge in [0.1, 0.15) is 0 Å². The molecule has 1 aromatic rings. The maximum absolute atomic E-state index is 12.5. The molecule has 0 aromatic carbocycles. The van der Waals surface area contributed by atoms with Crippen LogP contribution < -0.4 is 5.32 Å². The predicted molar refractivity (Wildman–Crippen MR) is 111 cm³/mol. The van der Waals surface area contributed by atoms with Gasteiger partial charge >= 0.3 is 5.97 Å². The van der Waals surface area contributed by atoms with Gasteiger partial charge in [-0.15, -0.1) is 0 Å². The van der Waals surface area contributed by atoms with E-state index < -0.39 is 5.97 Å². The summed E-state index contributed by atoms with van der Waals surface area (Å²) in [6.45, 7) is 4.01. The summed E-state index contributed by atoms with van der Waals surface area (Å²) in [6, 6.07) is 2.73. The molecule has 29 heavy (non-hydrogen) atoms. The number of carbonyl (C=O) groups excluding carboxylic acids is 2. The van der Waals surface area contributed by atoms with Gasteiger partial charge in [0.25, 0.3) is 5.91 Å². The van der Waals surface area contributed by atoms with Crippen LogP contribution in [0.2, 0.25) is 0 Å². The van der Waals surface area contributed by atoms with E-state index in [0.717, 1.165) is 42.6 Å². The van der Waals surface area contributed by atoms with Crippen LogP contribution in [0.3, 0.4) is 0 Å². The molecular weight excluding hydrogens is 364 g/mol. The zero-order valence-corrected chi connectivity index (χ0v) is 17.6. The van der Waals surface area contributed by atoms with E-state index in [2.05, 4.69) is 29.8 Å². The number of amides is 1. The van der Waals surface area contributed by atoms with E-state index in [1.165, 1.54) is 49.6 Å². The lowest BCUT2D eigenvalue weighted by molar-refractivity contribution is -0.145. The predicted octanol–water partition coefficient (Wildman–Crippen LogP) is 4.08. The van der Waals surface area contributed by atoms with Crippen molar-refractivity contribution in [2.45, 2.75) is 76.8 Å². The molecule has 5 fully saturated rings. The fraction of sp³-hybridized carbons (Fsp3) is 0.667. The third-order valence-corrected chi connectivity index (χ3v) is 7.62. The Hall–Kier alpha value is -2.04. The molecule has 1 heterocycles. The van der Waals surface area contributed by atoms with E-state index in [1.54, 1.807) is 6.08 Å². The Kier molecular flexibility index (Phi) is 4.60. The lowest BCUT2D eigenvalue weighted by Crippen LogP contribution is -2.60. The Morgan fingerprint density at radius 2 is 1.76 bits per heavy atom. The molecule has 5 nitrogen and oxygen atoms in total. The molecule has 156 valence electrons. The molecule has 4 bridgehead atoms. The number of hydrogen-bond acceptors (Lipinski definition) is 3. The summed E-state index contributed by atoms with van der Waals surface area (Å²) in [4.78, 5) is 24.6. The Balaban J connectivity index is 1.14. The fourth-order valence-corrected chi connectivity index (χ4v) is 6.80. The quantitative estimate of drug-likeness (QED) is 0.582. The molecule has 1 N–H and O–H groups in total. The Morgan fingerprint density at radius 3 is 2.34 bits per heavy atom. The van der Waals surface area contributed by atoms with Crippen molar-refractivity contribution in [3.8, 4) is 0 Å². The van der Waals surface area contributed by atoms with Gasteiger partial charge in [0.2, 0.25) is 0 Å². The second-order valence-corrected chi connectivity index (χ2v) is 10.1. The van der Waals surface area contributed by atoms with Gasteiger partial charge < -0.3 is 14.6 Å². The number of nitrogens with one attached hydrogen (secondary N) is 1. The molecular formula is C24H32N2O3. The Labute approximate surface area is 172 Å². The highest BCUT2D eigenvalue weighted by molar-refractivity contribution is 5.89. The summed E-state index contributed by atoms with van der Waals surface area (Å²) < 4.78 is 7.58. The van der Waals surface area contributed by atoms with Crippen molar-refractivity contribution in [2.24, 2.45) is 17.8 Å². The highest BCUT2D eigenvalue weighted by Crippen LogP contribution is 2.55. The molecule has 0 aliphatic heterocycles. The summed E-state index contributed by atoms with van der Waals surface area (Å²) in [5, 5.41) is 3.25. The van der Waals surface area contributed by atoms with E-state index in [1.807, 2.05) is 0 Å². The van der Waals surface area contributed by atoms with Crippen LogP contribution in [0, 0.1) is 31.6 Å². The van der Waals surface area contributed by atoms with Crippen LogP contribution in [0.4, 0.5) is 0 Å². The number of hydrogen-bond donors (Lipinski definition) is 1. The molecule has 0 spiro atoms. The van der Waals surface area contributed by atoms with Gasteiger partial charge in [0.05, 0.1) is 0 Å². The van der Waals surface area contributed by atoms with Gasteiger partial charge in [0, 0.05) is 29.0 Å². The number of aromatic nitrogens is 1. The SMILES string of the molecule is Cc1cc(/C=C/C(=O)OCC(=O)NC23CC4CC(CC(C4)C2)C3)c(C)n1C1CC1. The van der Waals surface area contributed by atoms with Gasteiger partial charge in [-0.1, -0.05) is 0 Å². The average Bonchev–Trinajstić information content (AvgIpc) is 3.42. The van der Waals surface area contributed by atoms with E-state index in [4.69, 9.17) is 4.74 Å². The highest BCUT2D eigenvalue weighted by atomic mass is 16.5. The standard InChI is InChI=1S/C24H32N2O3/c1-15-7-20(16(2)26(15)21-4-5-21)3-6-23(28)29-14-22(27)25-24-11-17-8-18(12-24)10-19(9-17)13-24/h3,6-7,17-19,21H,4-5,8-14H2,1-2H3,(H,25,27)/b6-3+. The molecule has 5 aliphatic rings. The molecule has 5 aliphatic carbocycles. The van der Waals surface area contributed by atoms with Crippen molar-refractivity contribution >= 4 is 18.0 Å². The van der Waals surface area contributed by atoms with E-state index in [0.29, 0.717) is 6.04 Å². The average molecular weight is 397 g/mol. The number of esters is 1. The van der Waals surface area contributed by atoms with Crippen molar-refractivity contribution in [2.75, 3.05) is 6.61 Å². The van der Waals surface area contributed by atoms with Crippen LogP contribution in [0.1, 0.15) is 74.4 Å². The summed E-state index contributed by atoms with van der Waals surface area (Å²) in [7, 11) is 0. The summed E-state index contributed by atoms with van der Waals surface area (Å²) in [5.41, 5.74) is 3.43.